The van der Waals surface area contributed by atoms with Crippen LogP contribution in [0.1, 0.15) is 5.89 Å². The van der Waals surface area contributed by atoms with Crippen molar-refractivity contribution in [2.45, 2.75) is 11.4 Å². The molecule has 1 saturated heterocycles. The van der Waals surface area contributed by atoms with Gasteiger partial charge in [-0.05, 0) is 18.1 Å². The molecule has 0 aliphatic carbocycles. The van der Waals surface area contributed by atoms with Gasteiger partial charge in [0.2, 0.25) is 11.7 Å². The van der Waals surface area contributed by atoms with E-state index < -0.39 is 10.0 Å². The van der Waals surface area contributed by atoms with Crippen molar-refractivity contribution in [2.75, 3.05) is 13.1 Å². The minimum Gasteiger partial charge on any atom is -0.339 e. The van der Waals surface area contributed by atoms with Crippen LogP contribution in [0, 0.1) is 5.92 Å². The average molecular weight is 360 g/mol. The van der Waals surface area contributed by atoms with Crippen LogP contribution in [0.3, 0.4) is 0 Å². The van der Waals surface area contributed by atoms with Gasteiger partial charge in [-0.1, -0.05) is 5.16 Å². The molecule has 0 N–H and O–H groups in total. The highest BCUT2D eigenvalue weighted by Crippen LogP contribution is 2.26. The van der Waals surface area contributed by atoms with Crippen molar-refractivity contribution < 1.29 is 12.9 Å². The molecular formula is C15H16N6O3S. The maximum Gasteiger partial charge on any atom is 0.262 e. The molecule has 130 valence electrons. The van der Waals surface area contributed by atoms with Crippen molar-refractivity contribution in [3.8, 4) is 11.4 Å². The minimum atomic E-state index is -3.52. The lowest BCUT2D eigenvalue weighted by Crippen LogP contribution is -2.50. The molecule has 1 fully saturated rings. The van der Waals surface area contributed by atoms with Crippen LogP contribution in [0.4, 0.5) is 0 Å². The molecule has 0 bridgehead atoms. The van der Waals surface area contributed by atoms with Crippen LogP contribution in [-0.4, -0.2) is 50.5 Å². The second-order valence-corrected chi connectivity index (χ2v) is 7.91. The predicted octanol–water partition coefficient (Wildman–Crippen LogP) is 0.728. The second kappa shape index (κ2) is 6.05. The average Bonchev–Trinajstić information content (AvgIpc) is 3.20. The van der Waals surface area contributed by atoms with Crippen molar-refractivity contribution >= 4 is 10.0 Å². The third-order valence-electron chi connectivity index (χ3n) is 4.06. The van der Waals surface area contributed by atoms with Crippen LogP contribution in [-0.2, 0) is 23.5 Å². The SMILES string of the molecule is Cn1cnc(S(=O)(=O)N2CC(Cc3nc(-c4cccnc4)no3)C2)c1. The molecule has 4 rings (SSSR count). The number of nitrogens with zero attached hydrogens (tertiary/aromatic N) is 6. The summed E-state index contributed by atoms with van der Waals surface area (Å²) in [5.74, 6) is 1.14. The van der Waals surface area contributed by atoms with Gasteiger partial charge in [-0.25, -0.2) is 13.4 Å². The van der Waals surface area contributed by atoms with Gasteiger partial charge in [0.05, 0.1) is 6.33 Å². The lowest BCUT2D eigenvalue weighted by molar-refractivity contribution is 0.186. The summed E-state index contributed by atoms with van der Waals surface area (Å²) < 4.78 is 33.1. The molecule has 0 amide bonds. The monoisotopic (exact) mass is 360 g/mol. The van der Waals surface area contributed by atoms with E-state index in [1.807, 2.05) is 6.07 Å². The van der Waals surface area contributed by atoms with Crippen molar-refractivity contribution in [1.82, 2.24) is 29.0 Å². The normalized spacial score (nSPS) is 16.0. The van der Waals surface area contributed by atoms with Crippen molar-refractivity contribution in [1.29, 1.82) is 0 Å². The maximum absolute atomic E-state index is 12.4. The van der Waals surface area contributed by atoms with Gasteiger partial charge in [0.15, 0.2) is 5.03 Å². The molecule has 0 aromatic carbocycles. The smallest absolute Gasteiger partial charge is 0.262 e. The fourth-order valence-electron chi connectivity index (χ4n) is 2.70. The topological polar surface area (TPSA) is 107 Å². The summed E-state index contributed by atoms with van der Waals surface area (Å²) in [5, 5.41) is 4.02. The summed E-state index contributed by atoms with van der Waals surface area (Å²) in [6.45, 7) is 0.840. The van der Waals surface area contributed by atoms with E-state index in [1.165, 1.54) is 16.8 Å². The Kier molecular flexibility index (Phi) is 3.85. The van der Waals surface area contributed by atoms with Gasteiger partial charge in [-0.2, -0.15) is 9.29 Å². The largest absolute Gasteiger partial charge is 0.339 e. The second-order valence-electron chi connectivity index (χ2n) is 6.02. The first-order chi connectivity index (χ1) is 12.0. The maximum atomic E-state index is 12.4. The standard InChI is InChI=1S/C15H16N6O3S/c1-20-9-14(17-10-20)25(22,23)21-7-11(8-21)5-13-18-15(19-24-13)12-3-2-4-16-6-12/h2-4,6,9-11H,5,7-8H2,1H3. The Morgan fingerprint density at radius 3 is 2.88 bits per heavy atom. The Morgan fingerprint density at radius 1 is 1.36 bits per heavy atom. The van der Waals surface area contributed by atoms with Gasteiger partial charge in [-0.15, -0.1) is 0 Å². The molecule has 1 aliphatic rings. The number of pyridine rings is 1. The highest BCUT2D eigenvalue weighted by molar-refractivity contribution is 7.89. The summed E-state index contributed by atoms with van der Waals surface area (Å²) >= 11 is 0. The zero-order chi connectivity index (χ0) is 17.4. The van der Waals surface area contributed by atoms with E-state index in [9.17, 15) is 8.42 Å². The van der Waals surface area contributed by atoms with Gasteiger partial charge >= 0.3 is 0 Å². The molecular weight excluding hydrogens is 344 g/mol. The molecule has 0 atom stereocenters. The Hall–Kier alpha value is -2.59. The van der Waals surface area contributed by atoms with Gasteiger partial charge < -0.3 is 9.09 Å². The summed E-state index contributed by atoms with van der Waals surface area (Å²) in [6, 6.07) is 3.66. The summed E-state index contributed by atoms with van der Waals surface area (Å²) in [4.78, 5) is 12.3. The minimum absolute atomic E-state index is 0.0742. The van der Waals surface area contributed by atoms with Crippen LogP contribution < -0.4 is 0 Å². The fraction of sp³-hybridized carbons (Fsp3) is 0.333. The van der Waals surface area contributed by atoms with Crippen LogP contribution in [0.5, 0.6) is 0 Å². The van der Waals surface area contributed by atoms with E-state index in [2.05, 4.69) is 20.1 Å². The molecule has 0 saturated carbocycles. The molecule has 1 aliphatic heterocycles. The number of hydrogen-bond acceptors (Lipinski definition) is 7. The Morgan fingerprint density at radius 2 is 2.20 bits per heavy atom. The molecule has 25 heavy (non-hydrogen) atoms. The molecule has 4 heterocycles. The first-order valence-corrected chi connectivity index (χ1v) is 9.17. The van der Waals surface area contributed by atoms with Crippen LogP contribution in [0.15, 0.2) is 46.6 Å². The number of aromatic nitrogens is 5. The molecule has 3 aromatic heterocycles. The summed E-state index contributed by atoms with van der Waals surface area (Å²) in [7, 11) is -1.78. The number of rotatable bonds is 5. The van der Waals surface area contributed by atoms with E-state index in [0.29, 0.717) is 31.2 Å². The first-order valence-electron chi connectivity index (χ1n) is 7.73. The van der Waals surface area contributed by atoms with Crippen molar-refractivity contribution in [2.24, 2.45) is 13.0 Å². The quantitative estimate of drug-likeness (QED) is 0.660. The van der Waals surface area contributed by atoms with E-state index in [1.54, 1.807) is 30.1 Å². The molecule has 0 unspecified atom stereocenters. The lowest BCUT2D eigenvalue weighted by atomic mass is 9.99. The van der Waals surface area contributed by atoms with E-state index >= 15 is 0 Å². The number of sulfonamides is 1. The van der Waals surface area contributed by atoms with Crippen LogP contribution >= 0.6 is 0 Å². The van der Waals surface area contributed by atoms with E-state index in [-0.39, 0.29) is 10.9 Å². The van der Waals surface area contributed by atoms with Crippen molar-refractivity contribution in [3.63, 3.8) is 0 Å². The zero-order valence-electron chi connectivity index (χ0n) is 13.5. The number of aryl methyl sites for hydroxylation is 1. The van der Waals surface area contributed by atoms with Gasteiger partial charge in [0, 0.05) is 50.7 Å². The third-order valence-corrected chi connectivity index (χ3v) is 5.78. The van der Waals surface area contributed by atoms with Gasteiger partial charge in [0.25, 0.3) is 10.0 Å². The van der Waals surface area contributed by atoms with Crippen molar-refractivity contribution in [3.05, 3.63) is 42.9 Å². The molecule has 10 heteroatoms. The Balaban J connectivity index is 1.38. The number of hydrogen-bond donors (Lipinski definition) is 0. The highest BCUT2D eigenvalue weighted by atomic mass is 32.2. The molecule has 3 aromatic rings. The third kappa shape index (κ3) is 3.05. The van der Waals surface area contributed by atoms with Crippen LogP contribution in [0.2, 0.25) is 0 Å². The highest BCUT2D eigenvalue weighted by Gasteiger charge is 2.38. The lowest BCUT2D eigenvalue weighted by Gasteiger charge is -2.36. The summed E-state index contributed by atoms with van der Waals surface area (Å²) in [6.07, 6.45) is 6.86. The fourth-order valence-corrected chi connectivity index (χ4v) is 4.26. The van der Waals surface area contributed by atoms with E-state index in [0.717, 1.165) is 5.56 Å². The van der Waals surface area contributed by atoms with Crippen LogP contribution in [0.25, 0.3) is 11.4 Å². The van der Waals surface area contributed by atoms with Gasteiger partial charge in [-0.3, -0.25) is 4.98 Å². The molecule has 9 nitrogen and oxygen atoms in total. The Bertz CT molecular complexity index is 976. The molecule has 0 radical (unpaired) electrons. The van der Waals surface area contributed by atoms with Gasteiger partial charge in [0.1, 0.15) is 0 Å². The first kappa shape index (κ1) is 15.9. The predicted molar refractivity (Wildman–Crippen MR) is 86.7 cm³/mol. The Labute approximate surface area is 144 Å². The van der Waals surface area contributed by atoms with E-state index in [4.69, 9.17) is 4.52 Å². The zero-order valence-corrected chi connectivity index (χ0v) is 14.3. The molecule has 0 spiro atoms. The summed E-state index contributed by atoms with van der Waals surface area (Å²) in [5.41, 5.74) is 0.783. The number of imidazole rings is 1.